The number of nitrogens with zero attached hydrogens (tertiary/aromatic N) is 1. The van der Waals surface area contributed by atoms with Gasteiger partial charge in [-0.2, -0.15) is 0 Å². The van der Waals surface area contributed by atoms with Crippen molar-refractivity contribution >= 4 is 17.1 Å². The first-order chi connectivity index (χ1) is 17.4. The Hall–Kier alpha value is -3.92. The Morgan fingerprint density at radius 2 is 1.86 bits per heavy atom. The van der Waals surface area contributed by atoms with Crippen molar-refractivity contribution in [3.8, 4) is 16.9 Å². The van der Waals surface area contributed by atoms with Crippen molar-refractivity contribution in [3.63, 3.8) is 0 Å². The molecule has 1 atom stereocenters. The maximum atomic E-state index is 12.5. The maximum absolute atomic E-state index is 12.5. The molecule has 6 bridgehead atoms. The fourth-order valence-electron chi connectivity index (χ4n) is 4.94. The molecule has 1 aromatic heterocycles. The Kier molecular flexibility index (Phi) is 6.60. The normalized spacial score (nSPS) is 15.9. The van der Waals surface area contributed by atoms with Crippen LogP contribution in [-0.4, -0.2) is 17.8 Å². The Bertz CT molecular complexity index is 1540. The standard InChI is InChI=1S/C32H32N2O2/c1-20(2)18-33-19-22(4)32-25-10-11-29-28(15-25)27(17-31(35)34-29)24-7-5-6-23(14-24)12-13-36-30-16-26(32)9-8-21(30)3/h5-11,14-20,32H,12-13H2,1-4H3,(H,34,35)/b22-19+,33-18?. The molecule has 0 saturated carbocycles. The summed E-state index contributed by atoms with van der Waals surface area (Å²) in [6.45, 7) is 9.05. The fourth-order valence-corrected chi connectivity index (χ4v) is 4.94. The maximum Gasteiger partial charge on any atom is 0.249 e. The van der Waals surface area contributed by atoms with Crippen molar-refractivity contribution in [1.82, 2.24) is 4.98 Å². The van der Waals surface area contributed by atoms with E-state index < -0.39 is 0 Å². The lowest BCUT2D eigenvalue weighted by atomic mass is 9.84. The van der Waals surface area contributed by atoms with Gasteiger partial charge in [-0.3, -0.25) is 9.79 Å². The van der Waals surface area contributed by atoms with Crippen LogP contribution in [0, 0.1) is 12.8 Å². The largest absolute Gasteiger partial charge is 0.493 e. The number of nitrogens with one attached hydrogen (secondary N) is 1. The highest BCUT2D eigenvalue weighted by Gasteiger charge is 2.20. The van der Waals surface area contributed by atoms with Crippen molar-refractivity contribution in [2.45, 2.75) is 40.0 Å². The Morgan fingerprint density at radius 3 is 2.69 bits per heavy atom. The molecule has 0 amide bonds. The van der Waals surface area contributed by atoms with E-state index in [0.29, 0.717) is 12.5 Å². The van der Waals surface area contributed by atoms with Gasteiger partial charge in [0.05, 0.1) is 6.61 Å². The first-order valence-electron chi connectivity index (χ1n) is 12.6. The highest BCUT2D eigenvalue weighted by atomic mass is 16.5. The van der Waals surface area contributed by atoms with E-state index in [1.54, 1.807) is 6.07 Å². The smallest absolute Gasteiger partial charge is 0.249 e. The van der Waals surface area contributed by atoms with Gasteiger partial charge in [-0.15, -0.1) is 0 Å². The number of rotatable bonds is 3. The van der Waals surface area contributed by atoms with Gasteiger partial charge in [0.2, 0.25) is 5.56 Å². The number of allylic oxidation sites excluding steroid dienone is 1. The van der Waals surface area contributed by atoms with Crippen LogP contribution < -0.4 is 10.3 Å². The molecule has 0 radical (unpaired) electrons. The van der Waals surface area contributed by atoms with Crippen molar-refractivity contribution in [1.29, 1.82) is 0 Å². The second-order valence-corrected chi connectivity index (χ2v) is 10.0. The number of aryl methyl sites for hydroxylation is 1. The molecule has 0 aliphatic carbocycles. The third-order valence-corrected chi connectivity index (χ3v) is 6.75. The van der Waals surface area contributed by atoms with Crippen LogP contribution in [0.2, 0.25) is 0 Å². The molecule has 1 unspecified atom stereocenters. The molecule has 4 aromatic rings. The first kappa shape index (κ1) is 23.8. The van der Waals surface area contributed by atoms with Crippen molar-refractivity contribution in [2.75, 3.05) is 6.61 Å². The van der Waals surface area contributed by atoms with Crippen LogP contribution in [0.1, 0.15) is 48.9 Å². The Balaban J connectivity index is 1.79. The summed E-state index contributed by atoms with van der Waals surface area (Å²) in [6.07, 6.45) is 4.72. The molecule has 36 heavy (non-hydrogen) atoms. The number of hydrogen-bond donors (Lipinski definition) is 1. The van der Waals surface area contributed by atoms with E-state index >= 15 is 0 Å². The zero-order chi connectivity index (χ0) is 25.2. The number of fused-ring (bicyclic) bond motifs is 6. The monoisotopic (exact) mass is 476 g/mol. The van der Waals surface area contributed by atoms with E-state index in [-0.39, 0.29) is 11.5 Å². The highest BCUT2D eigenvalue weighted by molar-refractivity contribution is 5.95. The van der Waals surface area contributed by atoms with Crippen LogP contribution in [0.5, 0.6) is 5.75 Å². The van der Waals surface area contributed by atoms with Crippen LogP contribution in [-0.2, 0) is 6.42 Å². The molecular formula is C32H32N2O2. The molecule has 2 heterocycles. The zero-order valence-corrected chi connectivity index (χ0v) is 21.3. The number of H-pyrrole nitrogens is 1. The molecule has 4 heteroatoms. The van der Waals surface area contributed by atoms with Gasteiger partial charge in [-0.05, 0) is 76.9 Å². The van der Waals surface area contributed by atoms with Gasteiger partial charge in [0, 0.05) is 41.7 Å². The number of aliphatic imine (C=N–C) groups is 1. The van der Waals surface area contributed by atoms with E-state index in [9.17, 15) is 4.79 Å². The lowest BCUT2D eigenvalue weighted by molar-refractivity contribution is 0.319. The Morgan fingerprint density at radius 1 is 1.06 bits per heavy atom. The third kappa shape index (κ3) is 4.90. The summed E-state index contributed by atoms with van der Waals surface area (Å²) in [4.78, 5) is 20.2. The molecule has 3 aromatic carbocycles. The molecule has 5 rings (SSSR count). The molecule has 182 valence electrons. The summed E-state index contributed by atoms with van der Waals surface area (Å²) in [5.74, 6) is 1.29. The van der Waals surface area contributed by atoms with Gasteiger partial charge in [0.15, 0.2) is 0 Å². The summed E-state index contributed by atoms with van der Waals surface area (Å²) in [6, 6.07) is 23.0. The minimum atomic E-state index is -0.0982. The Labute approximate surface area is 212 Å². The quantitative estimate of drug-likeness (QED) is 0.318. The number of hydrogen-bond acceptors (Lipinski definition) is 3. The predicted octanol–water partition coefficient (Wildman–Crippen LogP) is 7.20. The van der Waals surface area contributed by atoms with E-state index in [0.717, 1.165) is 56.5 Å². The predicted molar refractivity (Wildman–Crippen MR) is 149 cm³/mol. The van der Waals surface area contributed by atoms with E-state index in [4.69, 9.17) is 4.74 Å². The number of aromatic nitrogens is 1. The number of ether oxygens (including phenoxy) is 1. The van der Waals surface area contributed by atoms with E-state index in [1.807, 2.05) is 18.5 Å². The minimum absolute atomic E-state index is 0.00397. The fraction of sp³-hybridized carbons (Fsp3) is 0.250. The van der Waals surface area contributed by atoms with Gasteiger partial charge in [0.25, 0.3) is 0 Å². The number of aromatic amines is 1. The average molecular weight is 477 g/mol. The lowest BCUT2D eigenvalue weighted by Crippen LogP contribution is -2.09. The second-order valence-electron chi connectivity index (χ2n) is 10.0. The lowest BCUT2D eigenvalue weighted by Gasteiger charge is -2.22. The summed E-state index contributed by atoms with van der Waals surface area (Å²) in [5.41, 5.74) is 8.47. The number of pyridine rings is 1. The summed E-state index contributed by atoms with van der Waals surface area (Å²) >= 11 is 0. The van der Waals surface area contributed by atoms with Crippen molar-refractivity contribution < 1.29 is 4.74 Å². The van der Waals surface area contributed by atoms with Crippen LogP contribution in [0.25, 0.3) is 22.0 Å². The molecule has 0 fully saturated rings. The first-order valence-corrected chi connectivity index (χ1v) is 12.6. The average Bonchev–Trinajstić information content (AvgIpc) is 2.85. The summed E-state index contributed by atoms with van der Waals surface area (Å²) in [5, 5.41) is 1.04. The zero-order valence-electron chi connectivity index (χ0n) is 21.3. The third-order valence-electron chi connectivity index (χ3n) is 6.75. The van der Waals surface area contributed by atoms with Gasteiger partial charge in [-0.25, -0.2) is 0 Å². The molecule has 1 N–H and O–H groups in total. The summed E-state index contributed by atoms with van der Waals surface area (Å²) < 4.78 is 6.29. The molecule has 1 aliphatic rings. The van der Waals surface area contributed by atoms with Crippen molar-refractivity contribution in [3.05, 3.63) is 111 Å². The van der Waals surface area contributed by atoms with Gasteiger partial charge < -0.3 is 9.72 Å². The highest BCUT2D eigenvalue weighted by Crippen LogP contribution is 2.37. The topological polar surface area (TPSA) is 54.4 Å². The summed E-state index contributed by atoms with van der Waals surface area (Å²) in [7, 11) is 0. The van der Waals surface area contributed by atoms with Crippen molar-refractivity contribution in [2.24, 2.45) is 10.9 Å². The molecule has 4 nitrogen and oxygen atoms in total. The van der Waals surface area contributed by atoms with Gasteiger partial charge >= 0.3 is 0 Å². The van der Waals surface area contributed by atoms with Crippen LogP contribution in [0.15, 0.2) is 88.3 Å². The van der Waals surface area contributed by atoms with Gasteiger partial charge in [0.1, 0.15) is 5.75 Å². The number of benzene rings is 3. The SMILES string of the molecule is C/C(=C\N=CC(C)C)C1c2ccc(C)c(c2)OCCc2cccc(c2)-c2cc(=O)[nH]c3ccc1cc23. The van der Waals surface area contributed by atoms with E-state index in [2.05, 4.69) is 92.3 Å². The molecule has 0 saturated heterocycles. The molecule has 1 aliphatic heterocycles. The van der Waals surface area contributed by atoms with E-state index in [1.165, 1.54) is 5.56 Å². The van der Waals surface area contributed by atoms with Crippen LogP contribution in [0.4, 0.5) is 0 Å². The molecule has 0 spiro atoms. The van der Waals surface area contributed by atoms with Crippen LogP contribution >= 0.6 is 0 Å². The molecular weight excluding hydrogens is 444 g/mol. The second kappa shape index (κ2) is 9.98. The minimum Gasteiger partial charge on any atom is -0.493 e. The van der Waals surface area contributed by atoms with Crippen LogP contribution in [0.3, 0.4) is 0 Å². The van der Waals surface area contributed by atoms with Gasteiger partial charge in [-0.1, -0.05) is 56.3 Å².